The summed E-state index contributed by atoms with van der Waals surface area (Å²) < 4.78 is 1.53. The fraction of sp³-hybridized carbons (Fsp3) is 0.750. The molecule has 0 aliphatic carbocycles. The van der Waals surface area contributed by atoms with Gasteiger partial charge in [-0.25, -0.2) is 9.48 Å². The van der Waals surface area contributed by atoms with Crippen LogP contribution in [0.3, 0.4) is 0 Å². The van der Waals surface area contributed by atoms with Crippen molar-refractivity contribution in [3.05, 3.63) is 6.20 Å². The van der Waals surface area contributed by atoms with E-state index in [1.165, 1.54) is 30.1 Å². The highest BCUT2D eigenvalue weighted by molar-refractivity contribution is 5.88. The van der Waals surface area contributed by atoms with Crippen molar-refractivity contribution in [3.63, 3.8) is 0 Å². The van der Waals surface area contributed by atoms with Gasteiger partial charge in [-0.2, -0.15) is 0 Å². The van der Waals surface area contributed by atoms with Crippen LogP contribution in [-0.4, -0.2) is 52.6 Å². The lowest BCUT2D eigenvalue weighted by Crippen LogP contribution is -2.36. The van der Waals surface area contributed by atoms with Gasteiger partial charge in [0, 0.05) is 20.1 Å². The molecule has 0 saturated carbocycles. The minimum atomic E-state index is -0.197. The first kappa shape index (κ1) is 13.8. The van der Waals surface area contributed by atoms with Crippen LogP contribution >= 0.6 is 0 Å². The molecule has 2 N–H and O–H groups in total. The van der Waals surface area contributed by atoms with Crippen molar-refractivity contribution in [3.8, 4) is 0 Å². The van der Waals surface area contributed by atoms with Crippen molar-refractivity contribution in [1.29, 1.82) is 0 Å². The monoisotopic (exact) mass is 266 g/mol. The molecule has 1 saturated heterocycles. The Morgan fingerprint density at radius 2 is 2.32 bits per heavy atom. The normalized spacial score (nSPS) is 20.8. The molecule has 2 amide bonds. The number of aromatic nitrogens is 3. The van der Waals surface area contributed by atoms with E-state index in [9.17, 15) is 4.79 Å². The van der Waals surface area contributed by atoms with Crippen LogP contribution in [0.2, 0.25) is 0 Å². The van der Waals surface area contributed by atoms with Crippen LogP contribution in [0.25, 0.3) is 0 Å². The number of hydrogen-bond donors (Lipinski definition) is 2. The molecular weight excluding hydrogens is 244 g/mol. The van der Waals surface area contributed by atoms with E-state index in [2.05, 4.69) is 32.9 Å². The summed E-state index contributed by atoms with van der Waals surface area (Å²) in [5.74, 6) is 1.12. The minimum absolute atomic E-state index is 0.197. The number of likely N-dealkylation sites (tertiary alicyclic amines) is 1. The fourth-order valence-electron chi connectivity index (χ4n) is 2.41. The molecule has 2 rings (SSSR count). The van der Waals surface area contributed by atoms with Gasteiger partial charge in [0.15, 0.2) is 5.82 Å². The molecule has 0 aromatic carbocycles. The molecule has 0 bridgehead atoms. The summed E-state index contributed by atoms with van der Waals surface area (Å²) in [7, 11) is 3.88. The van der Waals surface area contributed by atoms with Gasteiger partial charge in [-0.15, -0.1) is 5.10 Å². The van der Waals surface area contributed by atoms with Crippen molar-refractivity contribution in [2.75, 3.05) is 32.0 Å². The van der Waals surface area contributed by atoms with Gasteiger partial charge in [-0.3, -0.25) is 5.32 Å². The second kappa shape index (κ2) is 6.51. The van der Waals surface area contributed by atoms with E-state index >= 15 is 0 Å². The zero-order chi connectivity index (χ0) is 13.7. The van der Waals surface area contributed by atoms with Gasteiger partial charge >= 0.3 is 6.03 Å². The molecule has 1 aliphatic heterocycles. The highest BCUT2D eigenvalue weighted by atomic mass is 16.2. The molecular formula is C12H22N6O. The number of carbonyl (C=O) groups excluding carboxylic acids is 1. The quantitative estimate of drug-likeness (QED) is 0.843. The van der Waals surface area contributed by atoms with Crippen molar-refractivity contribution < 1.29 is 4.79 Å². The molecule has 7 nitrogen and oxygen atoms in total. The third kappa shape index (κ3) is 4.20. The molecule has 1 aromatic rings. The van der Waals surface area contributed by atoms with E-state index in [4.69, 9.17) is 0 Å². The van der Waals surface area contributed by atoms with Crippen molar-refractivity contribution >= 4 is 11.8 Å². The lowest BCUT2D eigenvalue weighted by molar-refractivity contribution is 0.246. The van der Waals surface area contributed by atoms with Gasteiger partial charge < -0.3 is 10.2 Å². The van der Waals surface area contributed by atoms with E-state index in [1.54, 1.807) is 7.05 Å². The van der Waals surface area contributed by atoms with Crippen LogP contribution < -0.4 is 10.6 Å². The molecule has 0 radical (unpaired) electrons. The Labute approximate surface area is 113 Å². The third-order valence-corrected chi connectivity index (χ3v) is 3.48. The van der Waals surface area contributed by atoms with Crippen LogP contribution in [0.4, 0.5) is 10.6 Å². The minimum Gasteiger partial charge on any atom is -0.338 e. The van der Waals surface area contributed by atoms with Gasteiger partial charge in [0.25, 0.3) is 0 Å². The third-order valence-electron chi connectivity index (χ3n) is 3.48. The molecule has 1 aliphatic rings. The van der Waals surface area contributed by atoms with E-state index in [-0.39, 0.29) is 6.03 Å². The number of nitrogens with one attached hydrogen (secondary N) is 2. The Balaban J connectivity index is 1.75. The standard InChI is InChI=1S/C12H22N6O/c1-17-6-4-3-5-10(9-17)7-13-12(19)15-11-8-14-16-18(11)2/h8,10H,3-7,9H2,1-2H3,(H2,13,15,19). The first-order valence-corrected chi connectivity index (χ1v) is 6.73. The van der Waals surface area contributed by atoms with E-state index in [0.29, 0.717) is 18.3 Å². The predicted octanol–water partition coefficient (Wildman–Crippen LogP) is 0.668. The molecule has 2 heterocycles. The number of amides is 2. The number of aryl methyl sites for hydroxylation is 1. The average molecular weight is 266 g/mol. The van der Waals surface area contributed by atoms with Crippen molar-refractivity contribution in [2.24, 2.45) is 13.0 Å². The topological polar surface area (TPSA) is 75.1 Å². The summed E-state index contributed by atoms with van der Waals surface area (Å²) >= 11 is 0. The van der Waals surface area contributed by atoms with E-state index in [0.717, 1.165) is 13.1 Å². The lowest BCUT2D eigenvalue weighted by Gasteiger charge is -2.20. The largest absolute Gasteiger partial charge is 0.338 e. The molecule has 106 valence electrons. The number of anilines is 1. The highest BCUT2D eigenvalue weighted by Crippen LogP contribution is 2.14. The SMILES string of the molecule is CN1CCCCC(CNC(=O)Nc2cnnn2C)C1. The second-order valence-corrected chi connectivity index (χ2v) is 5.20. The average Bonchev–Trinajstić information content (AvgIpc) is 2.65. The summed E-state index contributed by atoms with van der Waals surface area (Å²) in [6, 6.07) is -0.197. The smallest absolute Gasteiger partial charge is 0.320 e. The van der Waals surface area contributed by atoms with Crippen LogP contribution in [0.1, 0.15) is 19.3 Å². The zero-order valence-corrected chi connectivity index (χ0v) is 11.6. The number of urea groups is 1. The maximum absolute atomic E-state index is 11.8. The molecule has 19 heavy (non-hydrogen) atoms. The summed E-state index contributed by atoms with van der Waals surface area (Å²) in [5.41, 5.74) is 0. The van der Waals surface area contributed by atoms with Crippen LogP contribution in [0, 0.1) is 5.92 Å². The van der Waals surface area contributed by atoms with Gasteiger partial charge in [-0.1, -0.05) is 11.6 Å². The summed E-state index contributed by atoms with van der Waals surface area (Å²) in [5, 5.41) is 13.1. The Hall–Kier alpha value is -1.63. The molecule has 1 atom stereocenters. The molecule has 1 aromatic heterocycles. The van der Waals surface area contributed by atoms with Gasteiger partial charge in [0.1, 0.15) is 0 Å². The fourth-order valence-corrected chi connectivity index (χ4v) is 2.41. The van der Waals surface area contributed by atoms with Crippen LogP contribution in [0.5, 0.6) is 0 Å². The molecule has 0 spiro atoms. The van der Waals surface area contributed by atoms with Crippen molar-refractivity contribution in [1.82, 2.24) is 25.2 Å². The predicted molar refractivity (Wildman–Crippen MR) is 72.9 cm³/mol. The second-order valence-electron chi connectivity index (χ2n) is 5.20. The van der Waals surface area contributed by atoms with Gasteiger partial charge in [0.05, 0.1) is 6.20 Å². The van der Waals surface area contributed by atoms with Gasteiger partial charge in [0.2, 0.25) is 0 Å². The lowest BCUT2D eigenvalue weighted by atomic mass is 10.0. The first-order chi connectivity index (χ1) is 9.15. The van der Waals surface area contributed by atoms with Crippen molar-refractivity contribution in [2.45, 2.75) is 19.3 Å². The van der Waals surface area contributed by atoms with Gasteiger partial charge in [-0.05, 0) is 32.4 Å². The Morgan fingerprint density at radius 3 is 3.05 bits per heavy atom. The highest BCUT2D eigenvalue weighted by Gasteiger charge is 2.16. The van der Waals surface area contributed by atoms with E-state index in [1.807, 2.05) is 0 Å². The van der Waals surface area contributed by atoms with Crippen LogP contribution in [0.15, 0.2) is 6.20 Å². The summed E-state index contributed by atoms with van der Waals surface area (Å²) in [6.07, 6.45) is 5.20. The number of hydrogen-bond acceptors (Lipinski definition) is 4. The summed E-state index contributed by atoms with van der Waals surface area (Å²) in [6.45, 7) is 2.92. The maximum atomic E-state index is 11.8. The zero-order valence-electron chi connectivity index (χ0n) is 11.6. The first-order valence-electron chi connectivity index (χ1n) is 6.73. The Kier molecular flexibility index (Phi) is 4.73. The van der Waals surface area contributed by atoms with E-state index < -0.39 is 0 Å². The number of nitrogens with zero attached hydrogens (tertiary/aromatic N) is 4. The Morgan fingerprint density at radius 1 is 1.47 bits per heavy atom. The Bertz CT molecular complexity index is 418. The maximum Gasteiger partial charge on any atom is 0.320 e. The molecule has 1 fully saturated rings. The van der Waals surface area contributed by atoms with Crippen LogP contribution in [-0.2, 0) is 7.05 Å². The number of carbonyl (C=O) groups is 1. The molecule has 7 heteroatoms. The number of rotatable bonds is 3. The summed E-state index contributed by atoms with van der Waals surface area (Å²) in [4.78, 5) is 14.1. The molecule has 1 unspecified atom stereocenters.